The molecule has 0 unspecified atom stereocenters. The summed E-state index contributed by atoms with van der Waals surface area (Å²) < 4.78 is 0. The lowest BCUT2D eigenvalue weighted by Gasteiger charge is -2.28. The Balaban J connectivity index is 2.14. The molecule has 178 valence electrons. The summed E-state index contributed by atoms with van der Waals surface area (Å²) in [7, 11) is 1.80. The number of benzene rings is 1. The second-order valence-electron chi connectivity index (χ2n) is 9.29. The van der Waals surface area contributed by atoms with Crippen LogP contribution in [0.5, 0.6) is 0 Å². The van der Waals surface area contributed by atoms with Gasteiger partial charge >= 0.3 is 0 Å². The van der Waals surface area contributed by atoms with Gasteiger partial charge < -0.3 is 20.9 Å². The van der Waals surface area contributed by atoms with Gasteiger partial charge in [0, 0.05) is 13.6 Å². The first-order valence-corrected chi connectivity index (χ1v) is 11.9. The van der Waals surface area contributed by atoms with Crippen LogP contribution in [0.3, 0.4) is 0 Å². The molecule has 0 saturated carbocycles. The van der Waals surface area contributed by atoms with E-state index in [1.807, 2.05) is 44.2 Å². The van der Waals surface area contributed by atoms with Crippen LogP contribution in [-0.4, -0.2) is 60.9 Å². The summed E-state index contributed by atoms with van der Waals surface area (Å²) in [5.74, 6) is -0.349. The Morgan fingerprint density at radius 1 is 0.938 bits per heavy atom. The van der Waals surface area contributed by atoms with Gasteiger partial charge in [-0.05, 0) is 50.6 Å². The Kier molecular flexibility index (Phi) is 10.7. The van der Waals surface area contributed by atoms with Gasteiger partial charge in [0.25, 0.3) is 0 Å². The summed E-state index contributed by atoms with van der Waals surface area (Å²) in [6.07, 6.45) is 5.07. The molecule has 0 aromatic heterocycles. The molecular weight excluding hydrogens is 404 g/mol. The number of nitrogens with one attached hydrogen (secondary N) is 3. The number of carbonyl (C=O) groups excluding carboxylic acids is 3. The zero-order valence-electron chi connectivity index (χ0n) is 20.0. The third-order valence-corrected chi connectivity index (χ3v) is 5.86. The van der Waals surface area contributed by atoms with Crippen LogP contribution in [0, 0.1) is 5.92 Å². The van der Waals surface area contributed by atoms with Crippen molar-refractivity contribution in [1.82, 2.24) is 20.9 Å². The van der Waals surface area contributed by atoms with E-state index < -0.39 is 18.1 Å². The molecule has 0 bridgehead atoms. The molecule has 3 atom stereocenters. The van der Waals surface area contributed by atoms with Crippen molar-refractivity contribution < 1.29 is 14.4 Å². The third kappa shape index (κ3) is 8.61. The molecule has 0 radical (unpaired) electrons. The van der Waals surface area contributed by atoms with E-state index in [0.717, 1.165) is 37.8 Å². The van der Waals surface area contributed by atoms with Crippen LogP contribution in [0.25, 0.3) is 0 Å². The van der Waals surface area contributed by atoms with Gasteiger partial charge in [0.05, 0.1) is 6.04 Å². The first-order valence-electron chi connectivity index (χ1n) is 11.9. The minimum atomic E-state index is -0.733. The van der Waals surface area contributed by atoms with Crippen molar-refractivity contribution in [2.45, 2.75) is 77.4 Å². The van der Waals surface area contributed by atoms with Gasteiger partial charge in [-0.2, -0.15) is 0 Å². The fraction of sp³-hybridized carbons (Fsp3) is 0.640. The Hall–Kier alpha value is -2.41. The third-order valence-electron chi connectivity index (χ3n) is 5.86. The number of carbonyl (C=O) groups is 3. The summed E-state index contributed by atoms with van der Waals surface area (Å²) in [5, 5.41) is 9.10. The van der Waals surface area contributed by atoms with Crippen LogP contribution in [0.1, 0.15) is 58.4 Å². The molecule has 1 saturated heterocycles. The van der Waals surface area contributed by atoms with Crippen LogP contribution >= 0.6 is 0 Å². The average molecular weight is 445 g/mol. The van der Waals surface area contributed by atoms with Gasteiger partial charge in [-0.25, -0.2) is 0 Å². The van der Waals surface area contributed by atoms with Crippen LogP contribution in [0.4, 0.5) is 0 Å². The van der Waals surface area contributed by atoms with E-state index in [0.29, 0.717) is 19.4 Å². The number of likely N-dealkylation sites (N-methyl/N-ethyl adjacent to an activating group) is 1. The molecule has 3 amide bonds. The molecule has 1 heterocycles. The number of rotatable bonds is 4. The standard InChI is InChI=1S/C25H40N4O3/c1-18(2)16-22-25(32)29(4)15-11-6-5-10-14-26-21(17-20-12-8-7-9-13-20)24(31)27-19(3)23(30)28-22/h7-9,12-13,18-19,21-22,26H,5-6,10-11,14-17H2,1-4H3,(H,27,31)(H,28,30)/t19-,21+,22+/m1/s1. The fourth-order valence-electron chi connectivity index (χ4n) is 3.96. The maximum atomic E-state index is 13.0. The van der Waals surface area contributed by atoms with Crippen molar-refractivity contribution in [3.8, 4) is 0 Å². The molecule has 7 nitrogen and oxygen atoms in total. The quantitative estimate of drug-likeness (QED) is 0.664. The normalized spacial score (nSPS) is 24.8. The van der Waals surface area contributed by atoms with E-state index in [4.69, 9.17) is 0 Å². The Morgan fingerprint density at radius 3 is 2.31 bits per heavy atom. The molecule has 1 fully saturated rings. The fourth-order valence-corrected chi connectivity index (χ4v) is 3.96. The highest BCUT2D eigenvalue weighted by Crippen LogP contribution is 2.10. The maximum Gasteiger partial charge on any atom is 0.244 e. The maximum absolute atomic E-state index is 13.0. The lowest BCUT2D eigenvalue weighted by molar-refractivity contribution is -0.137. The second kappa shape index (κ2) is 13.2. The summed E-state index contributed by atoms with van der Waals surface area (Å²) in [6.45, 7) is 7.14. The molecule has 1 aromatic carbocycles. The first-order chi connectivity index (χ1) is 15.3. The van der Waals surface area contributed by atoms with Crippen molar-refractivity contribution in [2.75, 3.05) is 20.1 Å². The van der Waals surface area contributed by atoms with Crippen LogP contribution in [0.15, 0.2) is 30.3 Å². The van der Waals surface area contributed by atoms with Crippen molar-refractivity contribution in [2.24, 2.45) is 5.92 Å². The van der Waals surface area contributed by atoms with Gasteiger partial charge in [-0.15, -0.1) is 0 Å². The smallest absolute Gasteiger partial charge is 0.244 e. The zero-order chi connectivity index (χ0) is 23.5. The van der Waals surface area contributed by atoms with Gasteiger partial charge in [-0.1, -0.05) is 57.0 Å². The number of hydrogen-bond donors (Lipinski definition) is 3. The largest absolute Gasteiger partial charge is 0.344 e. The minimum Gasteiger partial charge on any atom is -0.344 e. The Bertz CT molecular complexity index is 738. The van der Waals surface area contributed by atoms with E-state index in [9.17, 15) is 14.4 Å². The van der Waals surface area contributed by atoms with Crippen molar-refractivity contribution >= 4 is 17.7 Å². The lowest BCUT2D eigenvalue weighted by atomic mass is 10.0. The molecule has 1 aliphatic rings. The topological polar surface area (TPSA) is 90.5 Å². The summed E-state index contributed by atoms with van der Waals surface area (Å²) in [4.78, 5) is 40.5. The molecule has 0 aliphatic carbocycles. The molecule has 1 aromatic rings. The highest BCUT2D eigenvalue weighted by Gasteiger charge is 2.28. The predicted molar refractivity (Wildman–Crippen MR) is 127 cm³/mol. The van der Waals surface area contributed by atoms with E-state index in [2.05, 4.69) is 16.0 Å². The Morgan fingerprint density at radius 2 is 1.62 bits per heavy atom. The van der Waals surface area contributed by atoms with Crippen molar-refractivity contribution in [3.05, 3.63) is 35.9 Å². The minimum absolute atomic E-state index is 0.0682. The van der Waals surface area contributed by atoms with E-state index in [-0.39, 0.29) is 23.6 Å². The Labute approximate surface area is 192 Å². The number of amides is 3. The summed E-state index contributed by atoms with van der Waals surface area (Å²) >= 11 is 0. The molecule has 32 heavy (non-hydrogen) atoms. The van der Waals surface area contributed by atoms with E-state index >= 15 is 0 Å². The summed E-state index contributed by atoms with van der Waals surface area (Å²) in [5.41, 5.74) is 1.07. The molecule has 3 N–H and O–H groups in total. The number of nitrogens with zero attached hydrogens (tertiary/aromatic N) is 1. The predicted octanol–water partition coefficient (Wildman–Crippen LogP) is 2.26. The van der Waals surface area contributed by atoms with Crippen LogP contribution in [-0.2, 0) is 20.8 Å². The van der Waals surface area contributed by atoms with E-state index in [1.165, 1.54) is 0 Å². The highest BCUT2D eigenvalue weighted by molar-refractivity contribution is 5.92. The molecule has 2 rings (SSSR count). The summed E-state index contributed by atoms with van der Waals surface area (Å²) in [6, 6.07) is 8.14. The van der Waals surface area contributed by atoms with Crippen molar-refractivity contribution in [1.29, 1.82) is 0 Å². The van der Waals surface area contributed by atoms with Crippen molar-refractivity contribution in [3.63, 3.8) is 0 Å². The molecule has 7 heteroatoms. The molecule has 1 aliphatic heterocycles. The van der Waals surface area contributed by atoms with Gasteiger partial charge in [0.1, 0.15) is 12.1 Å². The first kappa shape index (κ1) is 25.8. The zero-order valence-corrected chi connectivity index (χ0v) is 20.0. The highest BCUT2D eigenvalue weighted by atomic mass is 16.2. The number of hydrogen-bond acceptors (Lipinski definition) is 4. The molecular formula is C25H40N4O3. The monoisotopic (exact) mass is 444 g/mol. The van der Waals surface area contributed by atoms with Gasteiger partial charge in [0.2, 0.25) is 17.7 Å². The average Bonchev–Trinajstić information content (AvgIpc) is 2.76. The SMILES string of the molecule is CC(C)C[C@@H]1NC(=O)[C@@H](C)NC(=O)[C@H](Cc2ccccc2)NCCCCCCN(C)C1=O. The molecule has 0 spiro atoms. The van der Waals surface area contributed by atoms with Crippen LogP contribution < -0.4 is 16.0 Å². The van der Waals surface area contributed by atoms with E-state index in [1.54, 1.807) is 18.9 Å². The second-order valence-corrected chi connectivity index (χ2v) is 9.29. The van der Waals surface area contributed by atoms with Crippen LogP contribution in [0.2, 0.25) is 0 Å². The van der Waals surface area contributed by atoms with Gasteiger partial charge in [-0.3, -0.25) is 14.4 Å². The van der Waals surface area contributed by atoms with Gasteiger partial charge in [0.15, 0.2) is 0 Å². The lowest BCUT2D eigenvalue weighted by Crippen LogP contribution is -2.56.